The molecular weight excluding hydrogens is 366 g/mol. The number of carbonyl (C=O) groups excluding carboxylic acids is 1. The van der Waals surface area contributed by atoms with Gasteiger partial charge in [-0.3, -0.25) is 19.8 Å². The monoisotopic (exact) mass is 393 g/mol. The Labute approximate surface area is 171 Å². The molecule has 0 aliphatic carbocycles. The molecule has 0 saturated carbocycles. The van der Waals surface area contributed by atoms with Crippen LogP contribution in [-0.4, -0.2) is 46.3 Å². The zero-order valence-electron chi connectivity index (χ0n) is 16.6. The summed E-state index contributed by atoms with van der Waals surface area (Å²) in [7, 11) is 0. The average Bonchev–Trinajstić information content (AvgIpc) is 3.24. The number of nitrogens with zero attached hydrogens (tertiary/aromatic N) is 3. The molecule has 2 saturated heterocycles. The number of likely N-dealkylation sites (tertiary alicyclic amines) is 2. The van der Waals surface area contributed by atoms with Gasteiger partial charge in [0.05, 0.1) is 4.92 Å². The van der Waals surface area contributed by atoms with Crippen molar-refractivity contribution in [3.05, 3.63) is 75.8 Å². The number of nitro benzene ring substituents is 1. The van der Waals surface area contributed by atoms with Crippen molar-refractivity contribution in [1.29, 1.82) is 0 Å². The fourth-order valence-electron chi connectivity index (χ4n) is 4.82. The van der Waals surface area contributed by atoms with Crippen molar-refractivity contribution in [2.75, 3.05) is 19.6 Å². The van der Waals surface area contributed by atoms with Crippen molar-refractivity contribution in [2.45, 2.75) is 38.3 Å². The van der Waals surface area contributed by atoms with Crippen LogP contribution in [0.3, 0.4) is 0 Å². The third-order valence-corrected chi connectivity index (χ3v) is 6.22. The molecule has 2 aromatic rings. The van der Waals surface area contributed by atoms with Crippen LogP contribution in [0.15, 0.2) is 54.6 Å². The molecule has 2 atom stereocenters. The van der Waals surface area contributed by atoms with Crippen LogP contribution in [0.1, 0.15) is 41.6 Å². The first kappa shape index (κ1) is 19.6. The number of piperidine rings is 1. The maximum absolute atomic E-state index is 13.1. The van der Waals surface area contributed by atoms with E-state index in [4.69, 9.17) is 0 Å². The second-order valence-corrected chi connectivity index (χ2v) is 8.14. The molecule has 4 rings (SSSR count). The molecule has 2 heterocycles. The molecule has 2 aliphatic heterocycles. The zero-order chi connectivity index (χ0) is 20.2. The number of rotatable bonds is 5. The van der Waals surface area contributed by atoms with Gasteiger partial charge < -0.3 is 4.90 Å². The Bertz CT molecular complexity index is 853. The third-order valence-electron chi connectivity index (χ3n) is 6.22. The highest BCUT2D eigenvalue weighted by atomic mass is 16.6. The van der Waals surface area contributed by atoms with Crippen molar-refractivity contribution in [1.82, 2.24) is 9.80 Å². The predicted molar refractivity (Wildman–Crippen MR) is 112 cm³/mol. The number of benzene rings is 2. The van der Waals surface area contributed by atoms with Gasteiger partial charge in [-0.1, -0.05) is 30.3 Å². The van der Waals surface area contributed by atoms with E-state index in [-0.39, 0.29) is 17.6 Å². The summed E-state index contributed by atoms with van der Waals surface area (Å²) in [4.78, 5) is 28.0. The van der Waals surface area contributed by atoms with Gasteiger partial charge in [-0.2, -0.15) is 0 Å². The summed E-state index contributed by atoms with van der Waals surface area (Å²) in [5, 5.41) is 10.9. The highest BCUT2D eigenvalue weighted by Gasteiger charge is 2.37. The fourth-order valence-corrected chi connectivity index (χ4v) is 4.82. The van der Waals surface area contributed by atoms with Gasteiger partial charge in [-0.15, -0.1) is 0 Å². The number of nitro groups is 1. The summed E-state index contributed by atoms with van der Waals surface area (Å²) in [6, 6.07) is 16.8. The van der Waals surface area contributed by atoms with Crippen LogP contribution in [0.5, 0.6) is 0 Å². The van der Waals surface area contributed by atoms with Crippen molar-refractivity contribution < 1.29 is 9.72 Å². The number of amides is 1. The highest BCUT2D eigenvalue weighted by molar-refractivity contribution is 5.94. The summed E-state index contributed by atoms with van der Waals surface area (Å²) in [6.45, 7) is 3.86. The molecule has 0 aromatic heterocycles. The summed E-state index contributed by atoms with van der Waals surface area (Å²) in [5.41, 5.74) is 1.89. The van der Waals surface area contributed by atoms with E-state index in [1.165, 1.54) is 17.7 Å². The first-order chi connectivity index (χ1) is 14.1. The van der Waals surface area contributed by atoms with E-state index in [1.54, 1.807) is 12.1 Å². The van der Waals surface area contributed by atoms with E-state index in [0.717, 1.165) is 51.9 Å². The van der Waals surface area contributed by atoms with Gasteiger partial charge in [0, 0.05) is 43.4 Å². The lowest BCUT2D eigenvalue weighted by atomic mass is 9.88. The molecule has 29 heavy (non-hydrogen) atoms. The predicted octanol–water partition coefficient (Wildman–Crippen LogP) is 4.11. The van der Waals surface area contributed by atoms with Gasteiger partial charge >= 0.3 is 0 Å². The van der Waals surface area contributed by atoms with Crippen molar-refractivity contribution in [3.63, 3.8) is 0 Å². The van der Waals surface area contributed by atoms with Crippen LogP contribution in [0.25, 0.3) is 0 Å². The number of carbonyl (C=O) groups is 1. The normalized spacial score (nSPS) is 22.6. The van der Waals surface area contributed by atoms with E-state index in [2.05, 4.69) is 29.2 Å². The molecule has 2 fully saturated rings. The van der Waals surface area contributed by atoms with E-state index in [9.17, 15) is 14.9 Å². The van der Waals surface area contributed by atoms with Crippen molar-refractivity contribution >= 4 is 11.6 Å². The largest absolute Gasteiger partial charge is 0.335 e. The summed E-state index contributed by atoms with van der Waals surface area (Å²) < 4.78 is 0. The van der Waals surface area contributed by atoms with E-state index >= 15 is 0 Å². The van der Waals surface area contributed by atoms with Crippen LogP contribution < -0.4 is 0 Å². The van der Waals surface area contributed by atoms with Crippen LogP contribution in [0, 0.1) is 16.0 Å². The van der Waals surface area contributed by atoms with Gasteiger partial charge in [0.15, 0.2) is 0 Å². The summed E-state index contributed by atoms with van der Waals surface area (Å²) in [5.74, 6) is 0.486. The topological polar surface area (TPSA) is 66.7 Å². The van der Waals surface area contributed by atoms with E-state index in [0.29, 0.717) is 11.5 Å². The van der Waals surface area contributed by atoms with Crippen LogP contribution >= 0.6 is 0 Å². The lowest BCUT2D eigenvalue weighted by molar-refractivity contribution is -0.384. The molecular formula is C23H27N3O3. The third kappa shape index (κ3) is 4.48. The molecule has 2 aromatic carbocycles. The van der Waals surface area contributed by atoms with Crippen molar-refractivity contribution in [2.24, 2.45) is 5.92 Å². The number of hydrogen-bond donors (Lipinski definition) is 0. The highest BCUT2D eigenvalue weighted by Crippen LogP contribution is 2.32. The molecule has 2 aliphatic rings. The average molecular weight is 393 g/mol. The van der Waals surface area contributed by atoms with Gasteiger partial charge in [0.25, 0.3) is 11.6 Å². The lowest BCUT2D eigenvalue weighted by Crippen LogP contribution is -2.46. The minimum atomic E-state index is -0.434. The number of non-ortho nitro benzene ring substituents is 1. The van der Waals surface area contributed by atoms with Gasteiger partial charge in [0.1, 0.15) is 0 Å². The lowest BCUT2D eigenvalue weighted by Gasteiger charge is -2.39. The van der Waals surface area contributed by atoms with E-state index in [1.807, 2.05) is 11.0 Å². The molecule has 6 heteroatoms. The molecule has 6 nitrogen and oxygen atoms in total. The molecule has 1 amide bonds. The molecule has 0 spiro atoms. The first-order valence-corrected chi connectivity index (χ1v) is 10.4. The van der Waals surface area contributed by atoms with Gasteiger partial charge in [-0.25, -0.2) is 0 Å². The molecule has 0 radical (unpaired) electrons. The van der Waals surface area contributed by atoms with Crippen LogP contribution in [-0.2, 0) is 6.54 Å². The fraction of sp³-hybridized carbons (Fsp3) is 0.435. The number of hydrogen-bond acceptors (Lipinski definition) is 4. The molecule has 0 unspecified atom stereocenters. The second-order valence-electron chi connectivity index (χ2n) is 8.14. The van der Waals surface area contributed by atoms with Gasteiger partial charge in [-0.05, 0) is 55.8 Å². The van der Waals surface area contributed by atoms with Crippen LogP contribution in [0.4, 0.5) is 5.69 Å². The molecule has 0 N–H and O–H groups in total. The smallest absolute Gasteiger partial charge is 0.269 e. The summed E-state index contributed by atoms with van der Waals surface area (Å²) >= 11 is 0. The Morgan fingerprint density at radius 3 is 2.45 bits per heavy atom. The Balaban J connectivity index is 1.43. The SMILES string of the molecule is O=C(c1ccc([N+](=O)[O-])cc1)N1CCC[C@H]1[C@H]1CCCN(Cc2ccccc2)C1. The Morgan fingerprint density at radius 1 is 1.00 bits per heavy atom. The maximum atomic E-state index is 13.1. The first-order valence-electron chi connectivity index (χ1n) is 10.4. The minimum absolute atomic E-state index is 0.00239. The maximum Gasteiger partial charge on any atom is 0.269 e. The Morgan fingerprint density at radius 2 is 1.72 bits per heavy atom. The Kier molecular flexibility index (Phi) is 5.90. The zero-order valence-corrected chi connectivity index (χ0v) is 16.6. The minimum Gasteiger partial charge on any atom is -0.335 e. The second kappa shape index (κ2) is 8.74. The van der Waals surface area contributed by atoms with Crippen LogP contribution in [0.2, 0.25) is 0 Å². The molecule has 152 valence electrons. The standard InChI is InChI=1S/C23H27N3O3/c27-23(19-10-12-21(13-11-19)26(28)29)25-15-5-9-22(25)20-8-4-14-24(17-20)16-18-6-2-1-3-7-18/h1-3,6-7,10-13,20,22H,4-5,8-9,14-17H2/t20-,22-/m0/s1. The van der Waals surface area contributed by atoms with E-state index < -0.39 is 4.92 Å². The van der Waals surface area contributed by atoms with Gasteiger partial charge in [0.2, 0.25) is 0 Å². The quantitative estimate of drug-likeness (QED) is 0.566. The molecule has 0 bridgehead atoms. The Hall–Kier alpha value is -2.73. The summed E-state index contributed by atoms with van der Waals surface area (Å²) in [6.07, 6.45) is 4.38. The van der Waals surface area contributed by atoms with Crippen molar-refractivity contribution in [3.8, 4) is 0 Å².